The van der Waals surface area contributed by atoms with Crippen LogP contribution in [0.3, 0.4) is 0 Å². The van der Waals surface area contributed by atoms with Crippen LogP contribution in [0.1, 0.15) is 0 Å². The average molecular weight is 572 g/mol. The molecule has 0 amide bonds. The van der Waals surface area contributed by atoms with E-state index in [0.717, 1.165) is 7.53 Å². The van der Waals surface area contributed by atoms with Crippen molar-refractivity contribution in [1.29, 1.82) is 0 Å². The second kappa shape index (κ2) is 3.69. The Labute approximate surface area is 107 Å². The minimum absolute atomic E-state index is 1.03. The molecule has 1 aromatic heterocycles. The second-order valence-corrected chi connectivity index (χ2v) is 5.22. The molecule has 0 unspecified atom stereocenters. The molecule has 0 fully saturated rings. The molecule has 0 radical (unpaired) electrons. The fourth-order valence-corrected chi connectivity index (χ4v) is 3.36. The van der Waals surface area contributed by atoms with Crippen molar-refractivity contribution in [3.63, 3.8) is 0 Å². The Hall–Kier alpha value is 2.13. The summed E-state index contributed by atoms with van der Waals surface area (Å²) in [5.41, 5.74) is 0. The van der Waals surface area contributed by atoms with E-state index < -0.39 is 0 Å². The first kappa shape index (κ1) is 9.22. The number of hydrogen-bond acceptors (Lipinski definition) is 1. The standard InChI is InChI=1S/C3I4N2/c4-1-2(5)9(7)3(6)8-1. The maximum atomic E-state index is 4.23. The summed E-state index contributed by atoms with van der Waals surface area (Å²) in [6, 6.07) is 0. The molecule has 0 spiro atoms. The lowest BCUT2D eigenvalue weighted by Gasteiger charge is -1.87. The maximum Gasteiger partial charge on any atom is 0.182 e. The normalized spacial score (nSPS) is 10.2. The zero-order valence-corrected chi connectivity index (χ0v) is 12.5. The van der Waals surface area contributed by atoms with Gasteiger partial charge in [0.1, 0.15) is 7.40 Å². The van der Waals surface area contributed by atoms with Gasteiger partial charge in [0.25, 0.3) is 0 Å². The highest BCUT2D eigenvalue weighted by Crippen LogP contribution is 2.19. The molecule has 0 atom stereocenters. The van der Waals surface area contributed by atoms with Gasteiger partial charge in [0.2, 0.25) is 0 Å². The van der Waals surface area contributed by atoms with Crippen molar-refractivity contribution in [1.82, 2.24) is 7.76 Å². The van der Waals surface area contributed by atoms with Crippen LogP contribution in [-0.4, -0.2) is 7.76 Å². The van der Waals surface area contributed by atoms with E-state index in [-0.39, 0.29) is 0 Å². The van der Waals surface area contributed by atoms with Crippen molar-refractivity contribution >= 4 is 90.6 Å². The number of halogens is 4. The summed E-state index contributed by atoms with van der Waals surface area (Å²) in [6.45, 7) is 0. The van der Waals surface area contributed by atoms with Crippen LogP contribution in [-0.2, 0) is 0 Å². The van der Waals surface area contributed by atoms with Crippen molar-refractivity contribution < 1.29 is 0 Å². The van der Waals surface area contributed by atoms with Crippen LogP contribution in [0.4, 0.5) is 0 Å². The van der Waals surface area contributed by atoms with Crippen LogP contribution in [0.5, 0.6) is 0 Å². The van der Waals surface area contributed by atoms with Gasteiger partial charge in [-0.3, -0.25) is 2.78 Å². The van der Waals surface area contributed by atoms with Crippen LogP contribution >= 0.6 is 90.6 Å². The van der Waals surface area contributed by atoms with Crippen molar-refractivity contribution in [3.05, 3.63) is 11.2 Å². The molecule has 0 saturated heterocycles. The minimum Gasteiger partial charge on any atom is -0.253 e. The van der Waals surface area contributed by atoms with E-state index in [1.54, 1.807) is 0 Å². The highest BCUT2D eigenvalue weighted by atomic mass is 127. The summed E-state index contributed by atoms with van der Waals surface area (Å²) in [4.78, 5) is 4.23. The van der Waals surface area contributed by atoms with Gasteiger partial charge in [-0.2, -0.15) is 0 Å². The van der Waals surface area contributed by atoms with E-state index in [4.69, 9.17) is 0 Å². The van der Waals surface area contributed by atoms with Gasteiger partial charge in [-0.25, -0.2) is 4.98 Å². The van der Waals surface area contributed by atoms with Gasteiger partial charge in [-0.1, -0.05) is 0 Å². The Morgan fingerprint density at radius 1 is 1.22 bits per heavy atom. The fourth-order valence-electron chi connectivity index (χ4n) is 0.333. The quantitative estimate of drug-likeness (QED) is 0.438. The zero-order valence-electron chi connectivity index (χ0n) is 3.91. The monoisotopic (exact) mass is 572 g/mol. The van der Waals surface area contributed by atoms with Crippen LogP contribution in [0.25, 0.3) is 0 Å². The molecule has 0 aliphatic carbocycles. The molecule has 9 heavy (non-hydrogen) atoms. The van der Waals surface area contributed by atoms with Crippen LogP contribution in [0.2, 0.25) is 0 Å². The molecule has 6 heteroatoms. The van der Waals surface area contributed by atoms with Crippen molar-refractivity contribution in [2.45, 2.75) is 0 Å². The van der Waals surface area contributed by atoms with E-state index in [1.165, 1.54) is 3.70 Å². The van der Waals surface area contributed by atoms with E-state index in [2.05, 4.69) is 95.6 Å². The van der Waals surface area contributed by atoms with E-state index in [1.807, 2.05) is 2.78 Å². The number of imidazole rings is 1. The lowest BCUT2D eigenvalue weighted by Crippen LogP contribution is -1.83. The smallest absolute Gasteiger partial charge is 0.182 e. The molecule has 1 heterocycles. The SMILES string of the molecule is Ic1nc(I)n(I)c1I. The van der Waals surface area contributed by atoms with Gasteiger partial charge in [0, 0.05) is 22.6 Å². The van der Waals surface area contributed by atoms with Gasteiger partial charge in [0.05, 0.1) is 22.9 Å². The topological polar surface area (TPSA) is 17.8 Å². The molecule has 0 aromatic carbocycles. The first-order valence-electron chi connectivity index (χ1n) is 1.88. The van der Waals surface area contributed by atoms with Gasteiger partial charge >= 0.3 is 0 Å². The Morgan fingerprint density at radius 2 is 1.78 bits per heavy atom. The highest BCUT2D eigenvalue weighted by molar-refractivity contribution is 14.1. The molecule has 0 aliphatic rings. The van der Waals surface area contributed by atoms with Crippen LogP contribution in [0.15, 0.2) is 0 Å². The van der Waals surface area contributed by atoms with E-state index in [9.17, 15) is 0 Å². The summed E-state index contributed by atoms with van der Waals surface area (Å²) < 4.78 is 5.33. The number of aromatic nitrogens is 2. The number of hydrogen-bond donors (Lipinski definition) is 0. The van der Waals surface area contributed by atoms with Gasteiger partial charge in [0.15, 0.2) is 3.83 Å². The molecular formula is C3I4N2. The average Bonchev–Trinajstić information content (AvgIpc) is 1.98. The van der Waals surface area contributed by atoms with Crippen molar-refractivity contribution in [2.24, 2.45) is 0 Å². The molecule has 1 rings (SSSR count). The summed E-state index contributed by atoms with van der Waals surface area (Å²) in [5, 5.41) is 0. The highest BCUT2D eigenvalue weighted by Gasteiger charge is 2.06. The molecule has 2 nitrogen and oxygen atoms in total. The second-order valence-electron chi connectivity index (χ2n) is 1.24. The van der Waals surface area contributed by atoms with Crippen molar-refractivity contribution in [2.75, 3.05) is 0 Å². The Balaban J connectivity index is 3.29. The molecule has 1 aromatic rings. The third kappa shape index (κ3) is 2.04. The maximum absolute atomic E-state index is 4.23. The number of rotatable bonds is 0. The lowest BCUT2D eigenvalue weighted by atomic mass is 11.0. The van der Waals surface area contributed by atoms with E-state index >= 15 is 0 Å². The first-order valence-corrected chi connectivity index (χ1v) is 6.08. The largest absolute Gasteiger partial charge is 0.253 e. The molecular weight excluding hydrogens is 572 g/mol. The Bertz CT molecular complexity index is 207. The summed E-state index contributed by atoms with van der Waals surface area (Å²) in [5.74, 6) is 0. The predicted octanol–water partition coefficient (Wildman–Crippen LogP) is 2.90. The Kier molecular flexibility index (Phi) is 3.78. The minimum atomic E-state index is 1.03. The molecule has 50 valence electrons. The number of nitrogens with zero attached hydrogens (tertiary/aromatic N) is 2. The van der Waals surface area contributed by atoms with Gasteiger partial charge in [-0.05, 0) is 45.2 Å². The van der Waals surface area contributed by atoms with Gasteiger partial charge in [-0.15, -0.1) is 0 Å². The molecule has 0 bridgehead atoms. The summed E-state index contributed by atoms with van der Waals surface area (Å²) >= 11 is 8.92. The third-order valence-electron chi connectivity index (χ3n) is 0.695. The summed E-state index contributed by atoms with van der Waals surface area (Å²) in [6.07, 6.45) is 0. The fraction of sp³-hybridized carbons (Fsp3) is 0. The lowest BCUT2D eigenvalue weighted by molar-refractivity contribution is 1.18. The molecule has 0 N–H and O–H groups in total. The summed E-state index contributed by atoms with van der Waals surface area (Å²) in [7, 11) is 0. The van der Waals surface area contributed by atoms with Crippen LogP contribution < -0.4 is 0 Å². The Morgan fingerprint density at radius 3 is 1.89 bits per heavy atom. The zero-order chi connectivity index (χ0) is 7.02. The third-order valence-corrected chi connectivity index (χ3v) is 6.98. The first-order chi connectivity index (χ1) is 4.13. The van der Waals surface area contributed by atoms with Gasteiger partial charge < -0.3 is 0 Å². The van der Waals surface area contributed by atoms with Crippen molar-refractivity contribution in [3.8, 4) is 0 Å². The van der Waals surface area contributed by atoms with Crippen LogP contribution in [0, 0.1) is 11.2 Å². The molecule has 0 aliphatic heterocycles. The predicted molar refractivity (Wildman–Crippen MR) is 69.8 cm³/mol. The van der Waals surface area contributed by atoms with E-state index in [0.29, 0.717) is 0 Å². The molecule has 0 saturated carbocycles.